The van der Waals surface area contributed by atoms with Gasteiger partial charge in [-0.1, -0.05) is 6.07 Å². The van der Waals surface area contributed by atoms with Gasteiger partial charge < -0.3 is 20.9 Å². The van der Waals surface area contributed by atoms with Crippen LogP contribution in [0.4, 0.5) is 0 Å². The van der Waals surface area contributed by atoms with Crippen LogP contribution in [0.1, 0.15) is 35.4 Å². The zero-order valence-electron chi connectivity index (χ0n) is 15.0. The number of nitrogens with zero attached hydrogens (tertiary/aromatic N) is 2. The molecule has 146 valence electrons. The molecule has 9 heteroatoms. The first-order chi connectivity index (χ1) is 12.0. The van der Waals surface area contributed by atoms with Crippen molar-refractivity contribution < 1.29 is 14.4 Å². The van der Waals surface area contributed by atoms with E-state index in [4.69, 9.17) is 5.73 Å². The fourth-order valence-electron chi connectivity index (χ4n) is 2.95. The van der Waals surface area contributed by atoms with E-state index in [0.29, 0.717) is 30.9 Å². The molecule has 7 nitrogen and oxygen atoms in total. The number of thiophene rings is 1. The van der Waals surface area contributed by atoms with E-state index in [9.17, 15) is 14.4 Å². The molecule has 0 radical (unpaired) electrons. The molecule has 1 fully saturated rings. The lowest BCUT2D eigenvalue weighted by Crippen LogP contribution is -2.52. The van der Waals surface area contributed by atoms with Crippen molar-refractivity contribution >= 4 is 41.5 Å². The molecule has 1 aliphatic rings. The van der Waals surface area contributed by atoms with Crippen molar-refractivity contribution in [3.8, 4) is 0 Å². The third-order valence-electron chi connectivity index (χ3n) is 4.30. The molecular weight excluding hydrogens is 376 g/mol. The van der Waals surface area contributed by atoms with Crippen molar-refractivity contribution in [3.05, 3.63) is 22.4 Å². The number of piperidine rings is 1. The highest BCUT2D eigenvalue weighted by Gasteiger charge is 2.28. The highest BCUT2D eigenvalue weighted by atomic mass is 35.5. The Morgan fingerprint density at radius 1 is 1.38 bits per heavy atom. The van der Waals surface area contributed by atoms with Gasteiger partial charge in [-0.15, -0.1) is 23.7 Å². The third-order valence-corrected chi connectivity index (χ3v) is 5.16. The lowest BCUT2D eigenvalue weighted by atomic mass is 10.0. The van der Waals surface area contributed by atoms with Gasteiger partial charge in [0.15, 0.2) is 0 Å². The van der Waals surface area contributed by atoms with Gasteiger partial charge in [-0.2, -0.15) is 0 Å². The Morgan fingerprint density at radius 3 is 2.81 bits per heavy atom. The number of rotatable bonds is 7. The molecule has 1 unspecified atom stereocenters. The molecule has 0 saturated carbocycles. The molecule has 1 aliphatic heterocycles. The molecule has 2 heterocycles. The molecule has 1 saturated heterocycles. The largest absolute Gasteiger partial charge is 0.354 e. The van der Waals surface area contributed by atoms with Crippen molar-refractivity contribution in [2.45, 2.75) is 31.7 Å². The van der Waals surface area contributed by atoms with E-state index in [1.54, 1.807) is 18.0 Å². The number of likely N-dealkylation sites (tertiary alicyclic amines) is 1. The maximum Gasteiger partial charge on any atom is 0.264 e. The van der Waals surface area contributed by atoms with Crippen molar-refractivity contribution in [2.75, 3.05) is 33.2 Å². The summed E-state index contributed by atoms with van der Waals surface area (Å²) in [6.07, 6.45) is 3.13. The lowest BCUT2D eigenvalue weighted by molar-refractivity contribution is -0.136. The van der Waals surface area contributed by atoms with Crippen LogP contribution < -0.4 is 11.1 Å². The first-order valence-corrected chi connectivity index (χ1v) is 9.46. The quantitative estimate of drug-likeness (QED) is 0.713. The second kappa shape index (κ2) is 11.2. The molecule has 1 atom stereocenters. The molecule has 2 rings (SSSR count). The predicted molar refractivity (Wildman–Crippen MR) is 105 cm³/mol. The molecule has 0 aliphatic carbocycles. The highest BCUT2D eigenvalue weighted by Crippen LogP contribution is 2.18. The number of likely N-dealkylation sites (N-methyl/N-ethyl adjacent to an activating group) is 1. The second-order valence-corrected chi connectivity index (χ2v) is 7.17. The molecule has 3 amide bonds. The van der Waals surface area contributed by atoms with Crippen LogP contribution in [0.2, 0.25) is 0 Å². The zero-order chi connectivity index (χ0) is 18.2. The van der Waals surface area contributed by atoms with E-state index in [-0.39, 0.29) is 42.7 Å². The monoisotopic (exact) mass is 402 g/mol. The average molecular weight is 403 g/mol. The fraction of sp³-hybridized carbons (Fsp3) is 0.588. The predicted octanol–water partition coefficient (Wildman–Crippen LogP) is 1.09. The summed E-state index contributed by atoms with van der Waals surface area (Å²) in [4.78, 5) is 40.4. The summed E-state index contributed by atoms with van der Waals surface area (Å²) in [6, 6.07) is 3.55. The topological polar surface area (TPSA) is 95.7 Å². The van der Waals surface area contributed by atoms with Crippen molar-refractivity contribution in [2.24, 2.45) is 5.73 Å². The minimum atomic E-state index is -0.145. The Morgan fingerprint density at radius 2 is 2.15 bits per heavy atom. The van der Waals surface area contributed by atoms with Crippen molar-refractivity contribution in [3.63, 3.8) is 0 Å². The van der Waals surface area contributed by atoms with Gasteiger partial charge in [-0.3, -0.25) is 14.4 Å². The van der Waals surface area contributed by atoms with Gasteiger partial charge in [0.2, 0.25) is 11.8 Å². The molecule has 3 N–H and O–H groups in total. The fourth-order valence-corrected chi connectivity index (χ4v) is 3.66. The summed E-state index contributed by atoms with van der Waals surface area (Å²) < 4.78 is 0. The summed E-state index contributed by atoms with van der Waals surface area (Å²) in [5.41, 5.74) is 5.38. The number of hydrogen-bond acceptors (Lipinski definition) is 5. The summed E-state index contributed by atoms with van der Waals surface area (Å²) >= 11 is 1.36. The van der Waals surface area contributed by atoms with Gasteiger partial charge >= 0.3 is 0 Å². The number of hydrogen-bond donors (Lipinski definition) is 2. The number of halogens is 1. The standard InChI is InChI=1S/C17H26N4O3S.ClH/c1-20(17(24)14-6-4-10-25-14)12-16(23)21-9-3-2-5-13(21)11-19-15(22)7-8-18;/h4,6,10,13H,2-3,5,7-9,11-12,18H2,1H3,(H,19,22);1H. The smallest absolute Gasteiger partial charge is 0.264 e. The molecule has 0 aromatic carbocycles. The van der Waals surface area contributed by atoms with E-state index < -0.39 is 0 Å². The molecule has 1 aromatic heterocycles. The maximum absolute atomic E-state index is 12.7. The van der Waals surface area contributed by atoms with Gasteiger partial charge in [0, 0.05) is 39.1 Å². The Kier molecular flexibility index (Phi) is 9.61. The van der Waals surface area contributed by atoms with Gasteiger partial charge in [0.05, 0.1) is 11.4 Å². The van der Waals surface area contributed by atoms with E-state index in [0.717, 1.165) is 19.3 Å². The van der Waals surface area contributed by atoms with Crippen LogP contribution in [0.3, 0.4) is 0 Å². The van der Waals surface area contributed by atoms with Crippen LogP contribution in [-0.2, 0) is 9.59 Å². The molecular formula is C17H27ClN4O3S. The van der Waals surface area contributed by atoms with Crippen molar-refractivity contribution in [1.82, 2.24) is 15.1 Å². The van der Waals surface area contributed by atoms with Gasteiger partial charge in [-0.05, 0) is 30.7 Å². The van der Waals surface area contributed by atoms with Crippen LogP contribution in [0.15, 0.2) is 17.5 Å². The summed E-state index contributed by atoms with van der Waals surface area (Å²) in [5, 5.41) is 4.69. The Hall–Kier alpha value is -1.64. The summed E-state index contributed by atoms with van der Waals surface area (Å²) in [5.74, 6) is -0.316. The van der Waals surface area contributed by atoms with Gasteiger partial charge in [0.25, 0.3) is 5.91 Å². The SMILES string of the molecule is CN(CC(=O)N1CCCCC1CNC(=O)CCN)C(=O)c1cccs1.Cl. The Labute approximate surface area is 164 Å². The first kappa shape index (κ1) is 22.4. The van der Waals surface area contributed by atoms with Crippen molar-refractivity contribution in [1.29, 1.82) is 0 Å². The minimum absolute atomic E-state index is 0. The minimum Gasteiger partial charge on any atom is -0.354 e. The van der Waals surface area contributed by atoms with E-state index >= 15 is 0 Å². The summed E-state index contributed by atoms with van der Waals surface area (Å²) in [7, 11) is 1.64. The Bertz CT molecular complexity index is 597. The van der Waals surface area contributed by atoms with Crippen LogP contribution in [0.25, 0.3) is 0 Å². The highest BCUT2D eigenvalue weighted by molar-refractivity contribution is 7.12. The van der Waals surface area contributed by atoms with E-state index in [1.807, 2.05) is 11.4 Å². The lowest BCUT2D eigenvalue weighted by Gasteiger charge is -2.36. The Balaban J connectivity index is 0.00000338. The van der Waals surface area contributed by atoms with Crippen LogP contribution in [-0.4, -0.2) is 66.8 Å². The summed E-state index contributed by atoms with van der Waals surface area (Å²) in [6.45, 7) is 1.46. The average Bonchev–Trinajstić information content (AvgIpc) is 3.14. The van der Waals surface area contributed by atoms with Crippen LogP contribution >= 0.6 is 23.7 Å². The molecule has 26 heavy (non-hydrogen) atoms. The zero-order valence-corrected chi connectivity index (χ0v) is 16.6. The van der Waals surface area contributed by atoms with Gasteiger partial charge in [0.1, 0.15) is 0 Å². The number of carbonyl (C=O) groups is 3. The van der Waals surface area contributed by atoms with Crippen LogP contribution in [0.5, 0.6) is 0 Å². The molecule has 0 bridgehead atoms. The first-order valence-electron chi connectivity index (χ1n) is 8.58. The normalized spacial score (nSPS) is 16.5. The number of nitrogens with two attached hydrogens (primary N) is 1. The van der Waals surface area contributed by atoms with Gasteiger partial charge in [-0.25, -0.2) is 0 Å². The van der Waals surface area contributed by atoms with Crippen LogP contribution in [0, 0.1) is 0 Å². The number of amides is 3. The number of nitrogens with one attached hydrogen (secondary N) is 1. The maximum atomic E-state index is 12.7. The van der Waals surface area contributed by atoms with E-state index in [2.05, 4.69) is 5.32 Å². The number of carbonyl (C=O) groups excluding carboxylic acids is 3. The molecule has 0 spiro atoms. The second-order valence-electron chi connectivity index (χ2n) is 6.22. The third kappa shape index (κ3) is 6.26. The van der Waals surface area contributed by atoms with E-state index in [1.165, 1.54) is 16.2 Å². The molecule has 1 aromatic rings.